The highest BCUT2D eigenvalue weighted by Crippen LogP contribution is 2.11. The van der Waals surface area contributed by atoms with Crippen molar-refractivity contribution in [2.75, 3.05) is 12.4 Å². The first-order valence-corrected chi connectivity index (χ1v) is 8.69. The lowest BCUT2D eigenvalue weighted by molar-refractivity contribution is 0.549. The van der Waals surface area contributed by atoms with Gasteiger partial charge in [-0.1, -0.05) is 70.0 Å². The third kappa shape index (κ3) is 16.5. The number of unbranched alkanes of at least 4 members (excludes halogenated alkanes) is 10. The van der Waals surface area contributed by atoms with Crippen molar-refractivity contribution in [3.05, 3.63) is 0 Å². The Hall–Kier alpha value is 0.530. The van der Waals surface area contributed by atoms with Gasteiger partial charge in [0, 0.05) is 12.4 Å². The van der Waals surface area contributed by atoms with E-state index in [1.165, 1.54) is 70.6 Å². The molecular formula is C14H28ClNS2. The lowest BCUT2D eigenvalue weighted by atomic mass is 10.1. The van der Waals surface area contributed by atoms with E-state index < -0.39 is 0 Å². The molecule has 0 unspecified atom stereocenters. The van der Waals surface area contributed by atoms with Gasteiger partial charge in [-0.15, -0.1) is 24.2 Å². The molecule has 0 amide bonds. The predicted molar refractivity (Wildman–Crippen MR) is 91.1 cm³/mol. The minimum Gasteiger partial charge on any atom is -0.371 e. The molecule has 0 bridgehead atoms. The monoisotopic (exact) mass is 309 g/mol. The van der Waals surface area contributed by atoms with Gasteiger partial charge in [-0.3, -0.25) is 0 Å². The topological polar surface area (TPSA) is 12.0 Å². The third-order valence-electron chi connectivity index (χ3n) is 3.09. The van der Waals surface area contributed by atoms with Gasteiger partial charge in [-0.2, -0.15) is 0 Å². The van der Waals surface area contributed by atoms with Crippen molar-refractivity contribution in [2.45, 2.75) is 70.6 Å². The Morgan fingerprint density at radius 3 is 1.56 bits per heavy atom. The first-order chi connectivity index (χ1) is 8.77. The van der Waals surface area contributed by atoms with Crippen LogP contribution in [0.3, 0.4) is 0 Å². The number of halogens is 1. The van der Waals surface area contributed by atoms with Gasteiger partial charge in [0.05, 0.1) is 0 Å². The van der Waals surface area contributed by atoms with E-state index in [0.29, 0.717) is 4.32 Å². The molecule has 0 aromatic rings. The lowest BCUT2D eigenvalue weighted by Crippen LogP contribution is -2.17. The third-order valence-corrected chi connectivity index (χ3v) is 3.66. The molecule has 0 saturated heterocycles. The van der Waals surface area contributed by atoms with Crippen molar-refractivity contribution in [1.82, 2.24) is 5.32 Å². The number of rotatable bonds is 13. The van der Waals surface area contributed by atoms with Crippen LogP contribution in [0.5, 0.6) is 0 Å². The zero-order valence-corrected chi connectivity index (χ0v) is 13.9. The molecule has 0 aliphatic carbocycles. The van der Waals surface area contributed by atoms with Crippen LogP contribution < -0.4 is 5.32 Å². The van der Waals surface area contributed by atoms with Gasteiger partial charge in [0.2, 0.25) is 0 Å². The van der Waals surface area contributed by atoms with E-state index in [0.717, 1.165) is 12.4 Å². The molecule has 0 aliphatic heterocycles. The Balaban J connectivity index is 2.92. The SMILES string of the molecule is S=C(S)NCCCCCCCCCCCCCCl. The predicted octanol–water partition coefficient (Wildman–Crippen LogP) is 5.32. The molecule has 108 valence electrons. The van der Waals surface area contributed by atoms with Crippen molar-refractivity contribution in [3.63, 3.8) is 0 Å². The van der Waals surface area contributed by atoms with Crippen molar-refractivity contribution < 1.29 is 0 Å². The van der Waals surface area contributed by atoms with Crippen LogP contribution >= 0.6 is 36.4 Å². The largest absolute Gasteiger partial charge is 0.371 e. The molecule has 1 nitrogen and oxygen atoms in total. The summed E-state index contributed by atoms with van der Waals surface area (Å²) in [6.45, 7) is 0.975. The van der Waals surface area contributed by atoms with Crippen molar-refractivity contribution in [1.29, 1.82) is 0 Å². The average Bonchev–Trinajstić information content (AvgIpc) is 2.34. The van der Waals surface area contributed by atoms with E-state index in [4.69, 9.17) is 23.8 Å². The molecule has 1 N–H and O–H groups in total. The summed E-state index contributed by atoms with van der Waals surface area (Å²) in [5, 5.41) is 3.07. The Bertz CT molecular complexity index is 189. The molecule has 0 fully saturated rings. The Morgan fingerprint density at radius 2 is 1.17 bits per heavy atom. The van der Waals surface area contributed by atoms with Crippen LogP contribution in [0.2, 0.25) is 0 Å². The summed E-state index contributed by atoms with van der Waals surface area (Å²) in [6, 6.07) is 0. The van der Waals surface area contributed by atoms with Gasteiger partial charge >= 0.3 is 0 Å². The molecule has 0 atom stereocenters. The summed E-state index contributed by atoms with van der Waals surface area (Å²) < 4.78 is 0.615. The smallest absolute Gasteiger partial charge is 0.130 e. The molecule has 0 heterocycles. The first-order valence-electron chi connectivity index (χ1n) is 7.30. The maximum atomic E-state index is 5.64. The highest BCUT2D eigenvalue weighted by atomic mass is 35.5. The summed E-state index contributed by atoms with van der Waals surface area (Å²) >= 11 is 14.5. The number of thiocarbonyl (C=S) groups is 1. The van der Waals surface area contributed by atoms with Gasteiger partial charge < -0.3 is 5.32 Å². The zero-order chi connectivity index (χ0) is 13.5. The molecular weight excluding hydrogens is 282 g/mol. The molecule has 0 saturated carbocycles. The van der Waals surface area contributed by atoms with Crippen molar-refractivity contribution >= 4 is 40.8 Å². The van der Waals surface area contributed by atoms with Gasteiger partial charge in [-0.05, 0) is 12.8 Å². The number of thiol groups is 1. The number of hydrogen-bond acceptors (Lipinski definition) is 1. The summed E-state index contributed by atoms with van der Waals surface area (Å²) in [5.41, 5.74) is 0. The van der Waals surface area contributed by atoms with E-state index in [-0.39, 0.29) is 0 Å². The maximum Gasteiger partial charge on any atom is 0.130 e. The minimum atomic E-state index is 0.615. The standard InChI is InChI=1S/C14H28ClNS2/c15-12-10-8-6-4-2-1-3-5-7-9-11-13-16-14(17)18/h1-13H2,(H2,16,17,18). The van der Waals surface area contributed by atoms with Crippen molar-refractivity contribution in [2.24, 2.45) is 0 Å². The molecule has 0 aliphatic rings. The highest BCUT2D eigenvalue weighted by molar-refractivity contribution is 8.11. The van der Waals surface area contributed by atoms with Crippen LogP contribution in [0.15, 0.2) is 0 Å². The van der Waals surface area contributed by atoms with Gasteiger partial charge in [0.1, 0.15) is 4.32 Å². The van der Waals surface area contributed by atoms with E-state index in [9.17, 15) is 0 Å². The van der Waals surface area contributed by atoms with Crippen molar-refractivity contribution in [3.8, 4) is 0 Å². The molecule has 18 heavy (non-hydrogen) atoms. The molecule has 0 radical (unpaired) electrons. The molecule has 0 spiro atoms. The minimum absolute atomic E-state index is 0.615. The van der Waals surface area contributed by atoms with Crippen LogP contribution in [0.1, 0.15) is 70.6 Å². The lowest BCUT2D eigenvalue weighted by Gasteiger charge is -2.04. The number of alkyl halides is 1. The Labute approximate surface area is 129 Å². The van der Waals surface area contributed by atoms with Crippen LogP contribution in [0, 0.1) is 0 Å². The Kier molecular flexibility index (Phi) is 16.0. The maximum absolute atomic E-state index is 5.64. The van der Waals surface area contributed by atoms with Crippen LogP contribution in [-0.2, 0) is 0 Å². The fourth-order valence-corrected chi connectivity index (χ4v) is 2.41. The summed E-state index contributed by atoms with van der Waals surface area (Å²) in [5.74, 6) is 0.826. The fourth-order valence-electron chi connectivity index (χ4n) is 2.01. The summed E-state index contributed by atoms with van der Waals surface area (Å²) in [6.07, 6.45) is 14.7. The van der Waals surface area contributed by atoms with E-state index in [1.807, 2.05) is 0 Å². The van der Waals surface area contributed by atoms with Crippen LogP contribution in [0.25, 0.3) is 0 Å². The van der Waals surface area contributed by atoms with Gasteiger partial charge in [0.25, 0.3) is 0 Å². The van der Waals surface area contributed by atoms with E-state index in [1.54, 1.807) is 0 Å². The van der Waals surface area contributed by atoms with E-state index >= 15 is 0 Å². The number of hydrogen-bond donors (Lipinski definition) is 2. The normalized spacial score (nSPS) is 10.6. The highest BCUT2D eigenvalue weighted by Gasteiger charge is 1.93. The first kappa shape index (κ1) is 18.5. The quantitative estimate of drug-likeness (QED) is 0.207. The molecule has 4 heteroatoms. The van der Waals surface area contributed by atoms with Crippen LogP contribution in [-0.4, -0.2) is 16.7 Å². The zero-order valence-electron chi connectivity index (χ0n) is 11.4. The van der Waals surface area contributed by atoms with E-state index in [2.05, 4.69) is 17.9 Å². The molecule has 0 aromatic heterocycles. The Morgan fingerprint density at radius 1 is 0.778 bits per heavy atom. The summed E-state index contributed by atoms with van der Waals surface area (Å²) in [4.78, 5) is 0. The second-order valence-electron chi connectivity index (χ2n) is 4.81. The van der Waals surface area contributed by atoms with Gasteiger partial charge in [-0.25, -0.2) is 0 Å². The molecule has 0 aromatic carbocycles. The van der Waals surface area contributed by atoms with Crippen LogP contribution in [0.4, 0.5) is 0 Å². The average molecular weight is 310 g/mol. The van der Waals surface area contributed by atoms with Gasteiger partial charge in [0.15, 0.2) is 0 Å². The molecule has 0 rings (SSSR count). The second-order valence-corrected chi connectivity index (χ2v) is 6.35. The fraction of sp³-hybridized carbons (Fsp3) is 0.929. The summed E-state index contributed by atoms with van der Waals surface area (Å²) in [7, 11) is 0. The second kappa shape index (κ2) is 15.6. The number of nitrogens with one attached hydrogen (secondary N) is 1.